The van der Waals surface area contributed by atoms with Crippen molar-refractivity contribution in [1.29, 1.82) is 0 Å². The number of benzene rings is 1. The van der Waals surface area contributed by atoms with Gasteiger partial charge in [0.25, 0.3) is 11.4 Å². The van der Waals surface area contributed by atoms with Crippen LogP contribution in [0.3, 0.4) is 0 Å². The maximum absolute atomic E-state index is 10.9. The Balaban J connectivity index is 0.00000400. The standard InChI is InChI=1S/C8H7BrN6O5.ClH/c9-5-1-2-6(14(17)18)4(7(5)15(19)20)3-11-12-8(10)13-16;/h1-3,16H,(H3,10,12,13);1H/b11-3+;. The highest BCUT2D eigenvalue weighted by molar-refractivity contribution is 9.10. The lowest BCUT2D eigenvalue weighted by Gasteiger charge is -2.01. The van der Waals surface area contributed by atoms with Crippen LogP contribution in [0.15, 0.2) is 26.8 Å². The molecule has 0 aromatic heterocycles. The number of hydrogen-bond acceptors (Lipinski definition) is 7. The fourth-order valence-corrected chi connectivity index (χ4v) is 1.70. The van der Waals surface area contributed by atoms with Gasteiger partial charge in [0.2, 0.25) is 5.96 Å². The maximum atomic E-state index is 10.9. The van der Waals surface area contributed by atoms with Gasteiger partial charge in [-0.25, -0.2) is 5.48 Å². The van der Waals surface area contributed by atoms with E-state index < -0.39 is 27.2 Å². The zero-order chi connectivity index (χ0) is 15.3. The van der Waals surface area contributed by atoms with E-state index in [0.29, 0.717) is 0 Å². The number of rotatable bonds is 4. The van der Waals surface area contributed by atoms with Crippen molar-refractivity contribution in [3.63, 3.8) is 0 Å². The minimum absolute atomic E-state index is 0. The highest BCUT2D eigenvalue weighted by Gasteiger charge is 2.26. The van der Waals surface area contributed by atoms with Crippen molar-refractivity contribution in [3.8, 4) is 0 Å². The molecule has 0 aliphatic rings. The normalized spacial score (nSPS) is 11.0. The molecule has 1 rings (SSSR count). The van der Waals surface area contributed by atoms with E-state index in [4.69, 9.17) is 10.9 Å². The van der Waals surface area contributed by atoms with E-state index in [1.165, 1.54) is 11.5 Å². The predicted octanol–water partition coefficient (Wildman–Crippen LogP) is 1.31. The van der Waals surface area contributed by atoms with Crippen molar-refractivity contribution in [2.75, 3.05) is 0 Å². The zero-order valence-electron chi connectivity index (χ0n) is 9.96. The van der Waals surface area contributed by atoms with Crippen LogP contribution in [0.4, 0.5) is 11.4 Å². The molecule has 1 aromatic rings. The molecule has 0 unspecified atom stereocenters. The Hall–Kier alpha value is -2.31. The highest BCUT2D eigenvalue weighted by atomic mass is 79.9. The van der Waals surface area contributed by atoms with Crippen LogP contribution in [0.1, 0.15) is 5.56 Å². The van der Waals surface area contributed by atoms with Gasteiger partial charge in [-0.05, 0) is 22.0 Å². The topological polar surface area (TPSA) is 169 Å². The van der Waals surface area contributed by atoms with Crippen LogP contribution >= 0.6 is 28.3 Å². The molecular weight excluding hydrogens is 375 g/mol. The molecule has 0 saturated heterocycles. The molecule has 4 N–H and O–H groups in total. The molecule has 114 valence electrons. The smallest absolute Gasteiger partial charge is 0.299 e. The summed E-state index contributed by atoms with van der Waals surface area (Å²) < 4.78 is 0.0479. The Kier molecular flexibility index (Phi) is 7.19. The number of guanidine groups is 1. The molecular formula is C8H8BrClN6O5. The van der Waals surface area contributed by atoms with Crippen molar-refractivity contribution in [2.24, 2.45) is 15.9 Å². The minimum atomic E-state index is -0.796. The highest BCUT2D eigenvalue weighted by Crippen LogP contribution is 2.33. The monoisotopic (exact) mass is 382 g/mol. The van der Waals surface area contributed by atoms with Crippen molar-refractivity contribution >= 4 is 51.9 Å². The number of halogens is 2. The lowest BCUT2D eigenvalue weighted by Crippen LogP contribution is -2.27. The number of hydroxylamine groups is 1. The summed E-state index contributed by atoms with van der Waals surface area (Å²) >= 11 is 2.93. The first-order valence-corrected chi connectivity index (χ1v) is 5.55. The number of nitrogens with one attached hydrogen (secondary N) is 1. The fourth-order valence-electron chi connectivity index (χ4n) is 1.21. The second-order valence-corrected chi connectivity index (χ2v) is 4.04. The SMILES string of the molecule is Cl.N/C(=N/N=C/c1c([N+](=O)[O-])ccc(Br)c1[N+](=O)[O-])NO. The third kappa shape index (κ3) is 4.62. The van der Waals surface area contributed by atoms with Crippen LogP contribution in [0, 0.1) is 20.2 Å². The summed E-state index contributed by atoms with van der Waals surface area (Å²) in [7, 11) is 0. The van der Waals surface area contributed by atoms with Gasteiger partial charge >= 0.3 is 0 Å². The number of hydrogen-bond donors (Lipinski definition) is 3. The van der Waals surface area contributed by atoms with Gasteiger partial charge in [0.05, 0.1) is 20.5 Å². The molecule has 0 heterocycles. The Bertz CT molecular complexity index is 621. The Morgan fingerprint density at radius 3 is 2.48 bits per heavy atom. The first-order valence-electron chi connectivity index (χ1n) is 4.76. The number of nitrogens with zero attached hydrogens (tertiary/aromatic N) is 4. The summed E-state index contributed by atoms with van der Waals surface area (Å²) in [6, 6.07) is 2.26. The average molecular weight is 384 g/mol. The van der Waals surface area contributed by atoms with Gasteiger partial charge in [-0.15, -0.1) is 17.5 Å². The summed E-state index contributed by atoms with van der Waals surface area (Å²) in [6.07, 6.45) is 0.797. The molecule has 0 amide bonds. The van der Waals surface area contributed by atoms with Crippen LogP contribution < -0.4 is 11.2 Å². The van der Waals surface area contributed by atoms with Crippen LogP contribution in [-0.2, 0) is 0 Å². The summed E-state index contributed by atoms with van der Waals surface area (Å²) in [5.74, 6) is -0.485. The van der Waals surface area contributed by atoms with E-state index in [2.05, 4.69) is 26.1 Å². The van der Waals surface area contributed by atoms with E-state index in [0.717, 1.165) is 12.3 Å². The van der Waals surface area contributed by atoms with Crippen molar-refractivity contribution in [2.45, 2.75) is 0 Å². The Morgan fingerprint density at radius 2 is 2.00 bits per heavy atom. The number of nitro groups is 2. The van der Waals surface area contributed by atoms with Crippen molar-refractivity contribution < 1.29 is 15.1 Å². The van der Waals surface area contributed by atoms with E-state index in [9.17, 15) is 20.2 Å². The lowest BCUT2D eigenvalue weighted by molar-refractivity contribution is -0.394. The molecule has 0 aliphatic heterocycles. The predicted molar refractivity (Wildman–Crippen MR) is 78.8 cm³/mol. The average Bonchev–Trinajstić information content (AvgIpc) is 2.37. The summed E-state index contributed by atoms with van der Waals surface area (Å²) in [6.45, 7) is 0. The Labute approximate surface area is 131 Å². The molecule has 0 fully saturated rings. The summed E-state index contributed by atoms with van der Waals surface area (Å²) in [4.78, 5) is 20.2. The van der Waals surface area contributed by atoms with Gasteiger partial charge in [0.15, 0.2) is 5.56 Å². The van der Waals surface area contributed by atoms with Gasteiger partial charge < -0.3 is 5.73 Å². The molecule has 0 aliphatic carbocycles. The molecule has 11 nitrogen and oxygen atoms in total. The molecule has 0 saturated carbocycles. The first kappa shape index (κ1) is 18.7. The van der Waals surface area contributed by atoms with Crippen LogP contribution in [0.5, 0.6) is 0 Å². The molecule has 0 radical (unpaired) electrons. The van der Waals surface area contributed by atoms with Gasteiger partial charge in [-0.3, -0.25) is 25.4 Å². The first-order chi connectivity index (χ1) is 9.38. The third-order valence-corrected chi connectivity index (χ3v) is 2.63. The van der Waals surface area contributed by atoms with Gasteiger partial charge in [0, 0.05) is 6.07 Å². The fraction of sp³-hybridized carbons (Fsp3) is 0. The summed E-state index contributed by atoms with van der Waals surface area (Å²) in [5, 5.41) is 36.7. The zero-order valence-corrected chi connectivity index (χ0v) is 12.4. The second kappa shape index (κ2) is 8.08. The second-order valence-electron chi connectivity index (χ2n) is 3.18. The maximum Gasteiger partial charge on any atom is 0.299 e. The van der Waals surface area contributed by atoms with Gasteiger partial charge in [-0.1, -0.05) is 0 Å². The van der Waals surface area contributed by atoms with Crippen molar-refractivity contribution in [1.82, 2.24) is 5.48 Å². The molecule has 13 heteroatoms. The molecule has 21 heavy (non-hydrogen) atoms. The number of nitrogens with two attached hydrogens (primary N) is 1. The third-order valence-electron chi connectivity index (χ3n) is 1.99. The molecule has 0 bridgehead atoms. The van der Waals surface area contributed by atoms with E-state index in [-0.39, 0.29) is 22.4 Å². The van der Waals surface area contributed by atoms with Crippen LogP contribution in [-0.4, -0.2) is 27.2 Å². The quantitative estimate of drug-likeness (QED) is 0.304. The lowest BCUT2D eigenvalue weighted by atomic mass is 10.1. The summed E-state index contributed by atoms with van der Waals surface area (Å²) in [5.41, 5.74) is 5.12. The van der Waals surface area contributed by atoms with E-state index in [1.807, 2.05) is 0 Å². The van der Waals surface area contributed by atoms with Crippen LogP contribution in [0.25, 0.3) is 0 Å². The number of nitro benzene ring substituents is 2. The minimum Gasteiger partial charge on any atom is -0.367 e. The molecule has 0 atom stereocenters. The molecule has 0 spiro atoms. The van der Waals surface area contributed by atoms with E-state index in [1.54, 1.807) is 0 Å². The van der Waals surface area contributed by atoms with Crippen molar-refractivity contribution in [3.05, 3.63) is 42.4 Å². The largest absolute Gasteiger partial charge is 0.367 e. The van der Waals surface area contributed by atoms with Gasteiger partial charge in [-0.2, -0.15) is 5.10 Å². The van der Waals surface area contributed by atoms with E-state index >= 15 is 0 Å². The Morgan fingerprint density at radius 1 is 1.38 bits per heavy atom. The van der Waals surface area contributed by atoms with Gasteiger partial charge in [0.1, 0.15) is 0 Å². The molecule has 1 aromatic carbocycles. The van der Waals surface area contributed by atoms with Crippen LogP contribution in [0.2, 0.25) is 0 Å².